The molecule has 0 spiro atoms. The third-order valence-corrected chi connectivity index (χ3v) is 3.81. The van der Waals surface area contributed by atoms with Crippen LogP contribution >= 0.6 is 23.2 Å². The van der Waals surface area contributed by atoms with Gasteiger partial charge in [0.25, 0.3) is 0 Å². The number of benzene rings is 1. The number of hydrogen-bond acceptors (Lipinski definition) is 3. The molecule has 0 amide bonds. The number of nitrogens with one attached hydrogen (secondary N) is 2. The first-order valence-corrected chi connectivity index (χ1v) is 6.94. The highest BCUT2D eigenvalue weighted by Crippen LogP contribution is 2.30. The van der Waals surface area contributed by atoms with Crippen molar-refractivity contribution in [2.45, 2.75) is 25.4 Å². The van der Waals surface area contributed by atoms with Crippen molar-refractivity contribution in [2.75, 3.05) is 25.1 Å². The highest BCUT2D eigenvalue weighted by atomic mass is 35.5. The standard InChI is InChI=1S/C13H18Cl2N2O/c1-9(7-10-8-18-6-5-16-10)17-12-4-2-3-11(14)13(12)15/h2-4,9-10,16-17H,5-8H2,1H3. The average Bonchev–Trinajstić information content (AvgIpc) is 2.36. The Morgan fingerprint density at radius 2 is 2.33 bits per heavy atom. The molecule has 0 aromatic heterocycles. The Balaban J connectivity index is 1.90. The van der Waals surface area contributed by atoms with Crippen LogP contribution < -0.4 is 10.6 Å². The Hall–Kier alpha value is -0.480. The quantitative estimate of drug-likeness (QED) is 0.893. The third kappa shape index (κ3) is 3.75. The lowest BCUT2D eigenvalue weighted by Gasteiger charge is -2.27. The minimum absolute atomic E-state index is 0.306. The van der Waals surface area contributed by atoms with E-state index in [1.807, 2.05) is 12.1 Å². The van der Waals surface area contributed by atoms with Crippen LogP contribution in [0.3, 0.4) is 0 Å². The normalized spacial score (nSPS) is 21.6. The van der Waals surface area contributed by atoms with Gasteiger partial charge in [-0.2, -0.15) is 0 Å². The molecule has 1 aliphatic rings. The summed E-state index contributed by atoms with van der Waals surface area (Å²) >= 11 is 12.1. The van der Waals surface area contributed by atoms with Crippen LogP contribution in [0.2, 0.25) is 10.0 Å². The molecule has 100 valence electrons. The summed E-state index contributed by atoms with van der Waals surface area (Å²) in [7, 11) is 0. The van der Waals surface area contributed by atoms with Crippen LogP contribution in [0.1, 0.15) is 13.3 Å². The molecule has 1 aliphatic heterocycles. The summed E-state index contributed by atoms with van der Waals surface area (Å²) in [5.41, 5.74) is 0.883. The van der Waals surface area contributed by atoms with Gasteiger partial charge in [-0.25, -0.2) is 0 Å². The SMILES string of the molecule is CC(CC1COCCN1)Nc1cccc(Cl)c1Cl. The van der Waals surface area contributed by atoms with Crippen molar-refractivity contribution >= 4 is 28.9 Å². The van der Waals surface area contributed by atoms with Crippen molar-refractivity contribution in [2.24, 2.45) is 0 Å². The fourth-order valence-electron chi connectivity index (χ4n) is 2.14. The number of halogens is 2. The summed E-state index contributed by atoms with van der Waals surface area (Å²) in [6.45, 7) is 4.64. The second kappa shape index (κ2) is 6.62. The number of ether oxygens (including phenoxy) is 1. The maximum absolute atomic E-state index is 6.15. The zero-order valence-electron chi connectivity index (χ0n) is 10.4. The van der Waals surface area contributed by atoms with Crippen molar-refractivity contribution in [3.05, 3.63) is 28.2 Å². The lowest BCUT2D eigenvalue weighted by Crippen LogP contribution is -2.43. The second-order valence-corrected chi connectivity index (χ2v) is 5.39. The topological polar surface area (TPSA) is 33.3 Å². The number of morpholine rings is 1. The molecule has 1 aromatic rings. The van der Waals surface area contributed by atoms with Crippen LogP contribution in [0, 0.1) is 0 Å². The molecule has 18 heavy (non-hydrogen) atoms. The van der Waals surface area contributed by atoms with Gasteiger partial charge >= 0.3 is 0 Å². The Kier molecular flexibility index (Phi) is 5.13. The second-order valence-electron chi connectivity index (χ2n) is 4.61. The highest BCUT2D eigenvalue weighted by molar-refractivity contribution is 6.43. The van der Waals surface area contributed by atoms with Gasteiger partial charge in [-0.05, 0) is 25.5 Å². The van der Waals surface area contributed by atoms with Gasteiger partial charge in [-0.1, -0.05) is 29.3 Å². The van der Waals surface area contributed by atoms with E-state index < -0.39 is 0 Å². The molecule has 0 saturated carbocycles. The van der Waals surface area contributed by atoms with Gasteiger partial charge in [0.2, 0.25) is 0 Å². The number of hydrogen-bond donors (Lipinski definition) is 2. The summed E-state index contributed by atoms with van der Waals surface area (Å²) in [6.07, 6.45) is 0.989. The van der Waals surface area contributed by atoms with E-state index in [9.17, 15) is 0 Å². The first-order valence-electron chi connectivity index (χ1n) is 6.18. The molecule has 2 N–H and O–H groups in total. The predicted molar refractivity (Wildman–Crippen MR) is 76.8 cm³/mol. The minimum Gasteiger partial charge on any atom is -0.381 e. The zero-order valence-corrected chi connectivity index (χ0v) is 11.9. The van der Waals surface area contributed by atoms with Gasteiger partial charge in [0.05, 0.1) is 28.9 Å². The van der Waals surface area contributed by atoms with Crippen LogP contribution in [0.15, 0.2) is 18.2 Å². The van der Waals surface area contributed by atoms with Gasteiger partial charge in [-0.3, -0.25) is 0 Å². The van der Waals surface area contributed by atoms with Gasteiger partial charge in [0.15, 0.2) is 0 Å². The smallest absolute Gasteiger partial charge is 0.0823 e. The van der Waals surface area contributed by atoms with E-state index in [0.717, 1.165) is 31.9 Å². The Morgan fingerprint density at radius 3 is 3.06 bits per heavy atom. The summed E-state index contributed by atoms with van der Waals surface area (Å²) in [5.74, 6) is 0. The molecular formula is C13H18Cl2N2O. The summed E-state index contributed by atoms with van der Waals surface area (Å²) < 4.78 is 5.44. The molecular weight excluding hydrogens is 271 g/mol. The molecule has 1 saturated heterocycles. The monoisotopic (exact) mass is 288 g/mol. The first kappa shape index (κ1) is 13.9. The fourth-order valence-corrected chi connectivity index (χ4v) is 2.49. The van der Waals surface area contributed by atoms with Crippen molar-refractivity contribution < 1.29 is 4.74 Å². The van der Waals surface area contributed by atoms with E-state index in [1.54, 1.807) is 6.07 Å². The minimum atomic E-state index is 0.306. The summed E-state index contributed by atoms with van der Waals surface area (Å²) in [4.78, 5) is 0. The maximum Gasteiger partial charge on any atom is 0.0823 e. The lowest BCUT2D eigenvalue weighted by molar-refractivity contribution is 0.0731. The molecule has 0 bridgehead atoms. The summed E-state index contributed by atoms with van der Waals surface area (Å²) in [5, 5.41) is 7.98. The van der Waals surface area contributed by atoms with Crippen molar-refractivity contribution in [1.82, 2.24) is 5.32 Å². The van der Waals surface area contributed by atoms with E-state index in [2.05, 4.69) is 17.6 Å². The van der Waals surface area contributed by atoms with Gasteiger partial charge in [-0.15, -0.1) is 0 Å². The van der Waals surface area contributed by atoms with Crippen LogP contribution in [0.25, 0.3) is 0 Å². The lowest BCUT2D eigenvalue weighted by atomic mass is 10.1. The molecule has 1 heterocycles. The van der Waals surface area contributed by atoms with E-state index in [1.165, 1.54) is 0 Å². The Morgan fingerprint density at radius 1 is 1.50 bits per heavy atom. The molecule has 1 aromatic carbocycles. The third-order valence-electron chi connectivity index (χ3n) is 2.99. The van der Waals surface area contributed by atoms with Crippen molar-refractivity contribution in [1.29, 1.82) is 0 Å². The molecule has 2 atom stereocenters. The van der Waals surface area contributed by atoms with Crippen LogP contribution in [0.5, 0.6) is 0 Å². The van der Waals surface area contributed by atoms with Crippen molar-refractivity contribution in [3.8, 4) is 0 Å². The van der Waals surface area contributed by atoms with E-state index in [0.29, 0.717) is 22.1 Å². The van der Waals surface area contributed by atoms with Gasteiger partial charge in [0, 0.05) is 18.6 Å². The molecule has 5 heteroatoms. The van der Waals surface area contributed by atoms with Gasteiger partial charge in [0.1, 0.15) is 0 Å². The molecule has 2 unspecified atom stereocenters. The first-order chi connectivity index (χ1) is 8.66. The molecule has 3 nitrogen and oxygen atoms in total. The Bertz CT molecular complexity index is 395. The van der Waals surface area contributed by atoms with Crippen LogP contribution in [-0.4, -0.2) is 31.8 Å². The molecule has 1 fully saturated rings. The largest absolute Gasteiger partial charge is 0.381 e. The van der Waals surface area contributed by atoms with Crippen LogP contribution in [0.4, 0.5) is 5.69 Å². The summed E-state index contributed by atoms with van der Waals surface area (Å²) in [6, 6.07) is 6.33. The van der Waals surface area contributed by atoms with Crippen LogP contribution in [-0.2, 0) is 4.74 Å². The molecule has 0 radical (unpaired) electrons. The molecule has 0 aliphatic carbocycles. The predicted octanol–water partition coefficient (Wildman–Crippen LogP) is 3.17. The average molecular weight is 289 g/mol. The zero-order chi connectivity index (χ0) is 13.0. The fraction of sp³-hybridized carbons (Fsp3) is 0.538. The molecule has 2 rings (SSSR count). The van der Waals surface area contributed by atoms with Gasteiger partial charge < -0.3 is 15.4 Å². The number of rotatable bonds is 4. The van der Waals surface area contributed by atoms with Crippen molar-refractivity contribution in [3.63, 3.8) is 0 Å². The van der Waals surface area contributed by atoms with E-state index in [-0.39, 0.29) is 0 Å². The Labute approximate surface area is 118 Å². The van der Waals surface area contributed by atoms with E-state index >= 15 is 0 Å². The van der Waals surface area contributed by atoms with E-state index in [4.69, 9.17) is 27.9 Å². The number of anilines is 1. The highest BCUT2D eigenvalue weighted by Gasteiger charge is 2.16. The maximum atomic E-state index is 6.15.